The monoisotopic (exact) mass is 238 g/mol. The predicted octanol–water partition coefficient (Wildman–Crippen LogP) is 0.281. The van der Waals surface area contributed by atoms with Gasteiger partial charge in [-0.2, -0.15) is 4.31 Å². The van der Waals surface area contributed by atoms with E-state index < -0.39 is 10.0 Å². The molecule has 0 amide bonds. The number of sulfonamides is 1. The molecule has 2 aliphatic rings. The van der Waals surface area contributed by atoms with E-state index in [1.807, 2.05) is 6.07 Å². The third kappa shape index (κ3) is 1.39. The predicted molar refractivity (Wildman–Crippen MR) is 60.5 cm³/mol. The van der Waals surface area contributed by atoms with Crippen LogP contribution in [0.3, 0.4) is 0 Å². The number of nitrogens with zero attached hydrogens (tertiary/aromatic N) is 1. The standard InChI is InChI=1S/C11H14N2O2S/c14-16(15,10-4-2-1-3-5-10)13-8-11(9-13)6-12-7-11/h1-5,12H,6-9H2. The van der Waals surface area contributed by atoms with E-state index in [0.717, 1.165) is 13.1 Å². The lowest BCUT2D eigenvalue weighted by molar-refractivity contribution is 0.0164. The summed E-state index contributed by atoms with van der Waals surface area (Å²) in [6, 6.07) is 8.64. The van der Waals surface area contributed by atoms with Crippen molar-refractivity contribution in [3.05, 3.63) is 30.3 Å². The highest BCUT2D eigenvalue weighted by molar-refractivity contribution is 7.89. The highest BCUT2D eigenvalue weighted by atomic mass is 32.2. The minimum atomic E-state index is -3.24. The maximum absolute atomic E-state index is 12.1. The molecular formula is C11H14N2O2S. The minimum absolute atomic E-state index is 0.238. The molecule has 2 fully saturated rings. The molecule has 5 heteroatoms. The summed E-state index contributed by atoms with van der Waals surface area (Å²) in [7, 11) is -3.24. The zero-order valence-electron chi connectivity index (χ0n) is 8.89. The molecule has 2 saturated heterocycles. The van der Waals surface area contributed by atoms with Gasteiger partial charge in [0.15, 0.2) is 0 Å². The van der Waals surface area contributed by atoms with Crippen molar-refractivity contribution in [1.82, 2.24) is 9.62 Å². The van der Waals surface area contributed by atoms with Crippen LogP contribution >= 0.6 is 0 Å². The smallest absolute Gasteiger partial charge is 0.243 e. The van der Waals surface area contributed by atoms with E-state index in [0.29, 0.717) is 18.0 Å². The van der Waals surface area contributed by atoms with Gasteiger partial charge in [0.1, 0.15) is 0 Å². The fourth-order valence-corrected chi connectivity index (χ4v) is 4.00. The molecular weight excluding hydrogens is 224 g/mol. The van der Waals surface area contributed by atoms with E-state index in [-0.39, 0.29) is 5.41 Å². The molecule has 86 valence electrons. The van der Waals surface area contributed by atoms with E-state index in [9.17, 15) is 8.42 Å². The first-order valence-corrected chi connectivity index (χ1v) is 6.82. The van der Waals surface area contributed by atoms with Gasteiger partial charge in [-0.1, -0.05) is 18.2 Å². The van der Waals surface area contributed by atoms with Crippen molar-refractivity contribution in [3.8, 4) is 0 Å². The molecule has 4 nitrogen and oxygen atoms in total. The zero-order valence-corrected chi connectivity index (χ0v) is 9.70. The molecule has 1 aromatic carbocycles. The molecule has 1 spiro atoms. The molecule has 2 aliphatic heterocycles. The molecule has 0 bridgehead atoms. The normalized spacial score (nSPS) is 23.8. The summed E-state index contributed by atoms with van der Waals surface area (Å²) >= 11 is 0. The van der Waals surface area contributed by atoms with Crippen molar-refractivity contribution >= 4 is 10.0 Å². The average molecular weight is 238 g/mol. The summed E-state index contributed by atoms with van der Waals surface area (Å²) in [6.45, 7) is 3.23. The van der Waals surface area contributed by atoms with Crippen molar-refractivity contribution in [3.63, 3.8) is 0 Å². The highest BCUT2D eigenvalue weighted by Gasteiger charge is 2.51. The second-order valence-corrected chi connectivity index (χ2v) is 6.63. The van der Waals surface area contributed by atoms with Crippen LogP contribution in [-0.4, -0.2) is 38.9 Å². The maximum atomic E-state index is 12.1. The van der Waals surface area contributed by atoms with Crippen LogP contribution < -0.4 is 5.32 Å². The Morgan fingerprint density at radius 2 is 1.75 bits per heavy atom. The largest absolute Gasteiger partial charge is 0.315 e. The first-order chi connectivity index (χ1) is 7.62. The third-order valence-electron chi connectivity index (χ3n) is 3.40. The Kier molecular flexibility index (Phi) is 2.11. The van der Waals surface area contributed by atoms with Crippen LogP contribution in [0.5, 0.6) is 0 Å². The van der Waals surface area contributed by atoms with Gasteiger partial charge in [0.2, 0.25) is 10.0 Å². The summed E-state index contributed by atoms with van der Waals surface area (Å²) < 4.78 is 25.9. The Balaban J connectivity index is 1.80. The third-order valence-corrected chi connectivity index (χ3v) is 5.21. The summed E-state index contributed by atoms with van der Waals surface area (Å²) in [5, 5.41) is 3.19. The molecule has 2 heterocycles. The van der Waals surface area contributed by atoms with Crippen molar-refractivity contribution in [1.29, 1.82) is 0 Å². The van der Waals surface area contributed by atoms with Crippen LogP contribution in [-0.2, 0) is 10.0 Å². The van der Waals surface area contributed by atoms with Gasteiger partial charge < -0.3 is 5.32 Å². The van der Waals surface area contributed by atoms with E-state index >= 15 is 0 Å². The van der Waals surface area contributed by atoms with E-state index in [1.54, 1.807) is 28.6 Å². The van der Waals surface area contributed by atoms with Crippen LogP contribution in [0.25, 0.3) is 0 Å². The van der Waals surface area contributed by atoms with Gasteiger partial charge >= 0.3 is 0 Å². The quantitative estimate of drug-likeness (QED) is 0.805. The Hall–Kier alpha value is -0.910. The van der Waals surface area contributed by atoms with Gasteiger partial charge in [0.05, 0.1) is 4.90 Å². The lowest BCUT2D eigenvalue weighted by Gasteiger charge is -2.55. The van der Waals surface area contributed by atoms with Gasteiger partial charge in [-0.25, -0.2) is 8.42 Å². The van der Waals surface area contributed by atoms with Gasteiger partial charge in [0, 0.05) is 31.6 Å². The summed E-state index contributed by atoms with van der Waals surface area (Å²) in [5.74, 6) is 0. The average Bonchev–Trinajstić information content (AvgIpc) is 2.14. The maximum Gasteiger partial charge on any atom is 0.243 e. The molecule has 0 saturated carbocycles. The number of benzene rings is 1. The zero-order chi connectivity index (χ0) is 11.2. The van der Waals surface area contributed by atoms with Crippen molar-refractivity contribution in [2.24, 2.45) is 5.41 Å². The van der Waals surface area contributed by atoms with Crippen molar-refractivity contribution < 1.29 is 8.42 Å². The molecule has 3 rings (SSSR count). The molecule has 0 radical (unpaired) electrons. The SMILES string of the molecule is O=S(=O)(c1ccccc1)N1CC2(CNC2)C1. The molecule has 1 aromatic rings. The summed E-state index contributed by atoms with van der Waals surface area (Å²) in [6.07, 6.45) is 0. The van der Waals surface area contributed by atoms with Crippen LogP contribution in [0.1, 0.15) is 0 Å². The van der Waals surface area contributed by atoms with Gasteiger partial charge in [-0.3, -0.25) is 0 Å². The Morgan fingerprint density at radius 3 is 2.25 bits per heavy atom. The first kappa shape index (κ1) is 10.3. The Morgan fingerprint density at radius 1 is 1.12 bits per heavy atom. The summed E-state index contributed by atoms with van der Waals surface area (Å²) in [5.41, 5.74) is 0.238. The van der Waals surface area contributed by atoms with Crippen LogP contribution in [0.15, 0.2) is 35.2 Å². The van der Waals surface area contributed by atoms with Crippen molar-refractivity contribution in [2.75, 3.05) is 26.2 Å². The Bertz CT molecular complexity index is 486. The molecule has 0 atom stereocenters. The molecule has 1 N–H and O–H groups in total. The first-order valence-electron chi connectivity index (χ1n) is 5.38. The molecule has 0 aliphatic carbocycles. The number of hydrogen-bond donors (Lipinski definition) is 1. The van der Waals surface area contributed by atoms with Crippen LogP contribution in [0.4, 0.5) is 0 Å². The van der Waals surface area contributed by atoms with Gasteiger partial charge in [0.25, 0.3) is 0 Å². The molecule has 0 aromatic heterocycles. The summed E-state index contributed by atoms with van der Waals surface area (Å²) in [4.78, 5) is 0.400. The fourth-order valence-electron chi connectivity index (χ4n) is 2.32. The topological polar surface area (TPSA) is 49.4 Å². The van der Waals surface area contributed by atoms with Crippen LogP contribution in [0.2, 0.25) is 0 Å². The van der Waals surface area contributed by atoms with E-state index in [2.05, 4.69) is 5.32 Å². The van der Waals surface area contributed by atoms with E-state index in [4.69, 9.17) is 0 Å². The number of rotatable bonds is 2. The van der Waals surface area contributed by atoms with E-state index in [1.165, 1.54) is 0 Å². The van der Waals surface area contributed by atoms with Crippen LogP contribution in [0, 0.1) is 5.41 Å². The second kappa shape index (κ2) is 3.29. The fraction of sp³-hybridized carbons (Fsp3) is 0.455. The lowest BCUT2D eigenvalue weighted by Crippen LogP contribution is -2.71. The number of nitrogens with one attached hydrogen (secondary N) is 1. The van der Waals surface area contributed by atoms with Crippen molar-refractivity contribution in [2.45, 2.75) is 4.90 Å². The second-order valence-electron chi connectivity index (χ2n) is 4.69. The van der Waals surface area contributed by atoms with Gasteiger partial charge in [-0.05, 0) is 12.1 Å². The molecule has 0 unspecified atom stereocenters. The Labute approximate surface area is 95.3 Å². The highest BCUT2D eigenvalue weighted by Crippen LogP contribution is 2.37. The lowest BCUT2D eigenvalue weighted by atomic mass is 9.76. The molecule has 16 heavy (non-hydrogen) atoms. The van der Waals surface area contributed by atoms with Gasteiger partial charge in [-0.15, -0.1) is 0 Å². The number of hydrogen-bond acceptors (Lipinski definition) is 3. The minimum Gasteiger partial charge on any atom is -0.315 e.